The molecule has 8 heteroatoms. The van der Waals surface area contributed by atoms with Gasteiger partial charge in [-0.05, 0) is 60.4 Å². The molecular weight excluding hydrogens is 442 g/mol. The number of ether oxygens (including phenoxy) is 3. The van der Waals surface area contributed by atoms with Gasteiger partial charge in [0.25, 0.3) is 0 Å². The van der Waals surface area contributed by atoms with Gasteiger partial charge in [-0.3, -0.25) is 0 Å². The van der Waals surface area contributed by atoms with Crippen molar-refractivity contribution in [2.45, 2.75) is 36.8 Å². The zero-order chi connectivity index (χ0) is 23.7. The average Bonchev–Trinajstić information content (AvgIpc) is 3.03. The summed E-state index contributed by atoms with van der Waals surface area (Å²) in [5.74, 6) is 0.132. The molecule has 0 bridgehead atoms. The fraction of sp³-hybridized carbons (Fsp3) is 0.400. The van der Waals surface area contributed by atoms with E-state index in [9.17, 15) is 13.2 Å². The lowest BCUT2D eigenvalue weighted by Gasteiger charge is -2.11. The van der Waals surface area contributed by atoms with Crippen LogP contribution in [0.5, 0.6) is 5.75 Å². The number of esters is 1. The van der Waals surface area contributed by atoms with Gasteiger partial charge in [-0.1, -0.05) is 25.5 Å². The third-order valence-corrected chi connectivity index (χ3v) is 6.97. The van der Waals surface area contributed by atoms with Crippen molar-refractivity contribution in [1.29, 1.82) is 0 Å². The number of fused-ring (bicyclic) bond motifs is 1. The summed E-state index contributed by atoms with van der Waals surface area (Å²) in [5.41, 5.74) is 2.61. The van der Waals surface area contributed by atoms with Crippen LogP contribution in [0.4, 0.5) is 5.69 Å². The Hall–Kier alpha value is -2.84. The fourth-order valence-corrected chi connectivity index (χ4v) is 4.83. The number of unbranched alkanes of at least 4 members (excludes halogenated alkanes) is 1. The maximum absolute atomic E-state index is 13.0. The predicted octanol–water partition coefficient (Wildman–Crippen LogP) is 4.23. The Labute approximate surface area is 195 Å². The second kappa shape index (κ2) is 11.9. The largest absolute Gasteiger partial charge is 0.491 e. The highest BCUT2D eigenvalue weighted by molar-refractivity contribution is 7.90. The normalized spacial score (nSPS) is 13.3. The van der Waals surface area contributed by atoms with Crippen LogP contribution in [0.15, 0.2) is 52.9 Å². The van der Waals surface area contributed by atoms with Crippen LogP contribution in [0.1, 0.15) is 37.3 Å². The van der Waals surface area contributed by atoms with Crippen LogP contribution in [0, 0.1) is 0 Å². The van der Waals surface area contributed by atoms with Crippen molar-refractivity contribution in [1.82, 2.24) is 0 Å². The van der Waals surface area contributed by atoms with Gasteiger partial charge >= 0.3 is 5.97 Å². The first-order chi connectivity index (χ1) is 15.9. The number of hydrogen-bond donors (Lipinski definition) is 1. The Morgan fingerprint density at radius 1 is 1.06 bits per heavy atom. The molecule has 1 heterocycles. The fourth-order valence-electron chi connectivity index (χ4n) is 3.45. The summed E-state index contributed by atoms with van der Waals surface area (Å²) in [4.78, 5) is 12.2. The number of carbonyl (C=O) groups is 1. The van der Waals surface area contributed by atoms with Crippen LogP contribution in [0.3, 0.4) is 0 Å². The lowest BCUT2D eigenvalue weighted by Crippen LogP contribution is -2.08. The first-order valence-electron chi connectivity index (χ1n) is 11.1. The van der Waals surface area contributed by atoms with E-state index in [1.807, 2.05) is 0 Å². The molecular formula is C25H31NO6S. The van der Waals surface area contributed by atoms with Crippen molar-refractivity contribution >= 4 is 27.6 Å². The zero-order valence-corrected chi connectivity index (χ0v) is 19.9. The van der Waals surface area contributed by atoms with E-state index in [-0.39, 0.29) is 10.6 Å². The molecule has 0 atom stereocenters. The minimum absolute atomic E-state index is 0.132. The van der Waals surface area contributed by atoms with E-state index in [2.05, 4.69) is 12.2 Å². The molecule has 0 radical (unpaired) electrons. The molecule has 1 N–H and O–H groups in total. The highest BCUT2D eigenvalue weighted by Gasteiger charge is 2.20. The number of carbonyl (C=O) groups excluding carboxylic acids is 1. The monoisotopic (exact) mass is 473 g/mol. The highest BCUT2D eigenvalue weighted by Crippen LogP contribution is 2.28. The summed E-state index contributed by atoms with van der Waals surface area (Å²) in [5, 5.41) is 3.22. The topological polar surface area (TPSA) is 90.9 Å². The van der Waals surface area contributed by atoms with Crippen molar-refractivity contribution in [2.75, 3.05) is 38.8 Å². The van der Waals surface area contributed by atoms with Crippen molar-refractivity contribution in [3.63, 3.8) is 0 Å². The third kappa shape index (κ3) is 7.07. The molecule has 0 unspecified atom stereocenters. The number of rotatable bonds is 11. The summed E-state index contributed by atoms with van der Waals surface area (Å²) >= 11 is 0. The molecule has 0 fully saturated rings. The Balaban J connectivity index is 1.66. The number of nitrogens with one attached hydrogen (secondary N) is 1. The number of benzene rings is 2. The maximum Gasteiger partial charge on any atom is 0.333 e. The number of anilines is 1. The predicted molar refractivity (Wildman–Crippen MR) is 128 cm³/mol. The van der Waals surface area contributed by atoms with Crippen LogP contribution in [-0.2, 0) is 29.9 Å². The number of sulfone groups is 1. The molecule has 3 rings (SSSR count). The molecule has 178 valence electrons. The second-order valence-corrected chi connectivity index (χ2v) is 9.79. The van der Waals surface area contributed by atoms with Gasteiger partial charge in [-0.2, -0.15) is 0 Å². The van der Waals surface area contributed by atoms with Gasteiger partial charge in [0.05, 0.1) is 24.4 Å². The molecule has 2 aromatic carbocycles. The van der Waals surface area contributed by atoms with Crippen LogP contribution >= 0.6 is 0 Å². The average molecular weight is 474 g/mol. The molecule has 7 nitrogen and oxygen atoms in total. The first kappa shape index (κ1) is 24.8. The van der Waals surface area contributed by atoms with Crippen molar-refractivity contribution in [2.24, 2.45) is 0 Å². The minimum atomic E-state index is -3.58. The lowest BCUT2D eigenvalue weighted by molar-refractivity contribution is -0.136. The lowest BCUT2D eigenvalue weighted by atomic mass is 10.1. The molecule has 1 aliphatic rings. The van der Waals surface area contributed by atoms with E-state index in [0.29, 0.717) is 48.6 Å². The summed E-state index contributed by atoms with van der Waals surface area (Å²) in [6.07, 6.45) is 4.33. The molecule has 2 aromatic rings. The maximum atomic E-state index is 13.0. The van der Waals surface area contributed by atoms with Crippen LogP contribution in [0.2, 0.25) is 0 Å². The number of methoxy groups -OCH3 is 1. The second-order valence-electron chi connectivity index (χ2n) is 7.80. The van der Waals surface area contributed by atoms with E-state index in [0.717, 1.165) is 25.1 Å². The van der Waals surface area contributed by atoms with E-state index in [1.165, 1.54) is 7.11 Å². The zero-order valence-electron chi connectivity index (χ0n) is 19.1. The SMILES string of the molecule is CCCCOCCOc1ccc(CS(=O)(=O)c2ccc3c(c2)C=C(C(=O)OC)CCN3)cc1. The molecule has 0 spiro atoms. The third-order valence-electron chi connectivity index (χ3n) is 5.29. The van der Waals surface area contributed by atoms with E-state index in [4.69, 9.17) is 14.2 Å². The van der Waals surface area contributed by atoms with Gasteiger partial charge in [0.15, 0.2) is 9.84 Å². The first-order valence-corrected chi connectivity index (χ1v) is 12.8. The highest BCUT2D eigenvalue weighted by atomic mass is 32.2. The molecule has 0 saturated carbocycles. The van der Waals surface area contributed by atoms with Gasteiger partial charge < -0.3 is 19.5 Å². The van der Waals surface area contributed by atoms with E-state index < -0.39 is 15.8 Å². The van der Waals surface area contributed by atoms with Gasteiger partial charge in [-0.15, -0.1) is 0 Å². The molecule has 0 aliphatic carbocycles. The summed E-state index contributed by atoms with van der Waals surface area (Å²) < 4.78 is 42.0. The Bertz CT molecular complexity index is 1080. The Kier molecular flexibility index (Phi) is 8.91. The van der Waals surface area contributed by atoms with Crippen molar-refractivity contribution in [3.05, 3.63) is 59.2 Å². The molecule has 0 amide bonds. The van der Waals surface area contributed by atoms with E-state index in [1.54, 1.807) is 48.5 Å². The van der Waals surface area contributed by atoms with Crippen molar-refractivity contribution in [3.8, 4) is 5.75 Å². The van der Waals surface area contributed by atoms with Crippen LogP contribution in [-0.4, -0.2) is 47.9 Å². The van der Waals surface area contributed by atoms with E-state index >= 15 is 0 Å². The van der Waals surface area contributed by atoms with Crippen LogP contribution in [0.25, 0.3) is 6.08 Å². The summed E-state index contributed by atoms with van der Waals surface area (Å²) in [6.45, 7) is 4.39. The van der Waals surface area contributed by atoms with Gasteiger partial charge in [0.2, 0.25) is 0 Å². The van der Waals surface area contributed by atoms with Gasteiger partial charge in [0.1, 0.15) is 12.4 Å². The standard InChI is InChI=1S/C25H31NO6S/c1-3-4-13-31-14-15-32-22-7-5-19(6-8-22)18-33(28,29)23-9-10-24-21(17-23)16-20(11-12-26-24)25(27)30-2/h5-10,16-17,26H,3-4,11-15,18H2,1-2H3. The Morgan fingerprint density at radius 3 is 2.58 bits per heavy atom. The summed E-state index contributed by atoms with van der Waals surface area (Å²) in [6, 6.07) is 12.0. The molecule has 33 heavy (non-hydrogen) atoms. The molecule has 0 saturated heterocycles. The van der Waals surface area contributed by atoms with Gasteiger partial charge in [-0.25, -0.2) is 13.2 Å². The quantitative estimate of drug-likeness (QED) is 0.386. The number of hydrogen-bond acceptors (Lipinski definition) is 7. The summed E-state index contributed by atoms with van der Waals surface area (Å²) in [7, 11) is -2.24. The van der Waals surface area contributed by atoms with Gasteiger partial charge in [0, 0.05) is 24.4 Å². The Morgan fingerprint density at radius 2 is 1.85 bits per heavy atom. The van der Waals surface area contributed by atoms with Crippen LogP contribution < -0.4 is 10.1 Å². The molecule has 0 aromatic heterocycles. The minimum Gasteiger partial charge on any atom is -0.491 e. The smallest absolute Gasteiger partial charge is 0.333 e. The van der Waals surface area contributed by atoms with Crippen molar-refractivity contribution < 1.29 is 27.4 Å². The molecule has 1 aliphatic heterocycles.